The normalized spacial score (nSPS) is 9.62. The third kappa shape index (κ3) is 7.54. The van der Waals surface area contributed by atoms with Crippen LogP contribution < -0.4 is 4.74 Å². The highest BCUT2D eigenvalue weighted by Gasteiger charge is 2.04. The molecule has 0 amide bonds. The van der Waals surface area contributed by atoms with Crippen molar-refractivity contribution in [1.29, 1.82) is 0 Å². The van der Waals surface area contributed by atoms with Gasteiger partial charge in [0.1, 0.15) is 5.75 Å². The van der Waals surface area contributed by atoms with E-state index in [4.69, 9.17) is 9.47 Å². The van der Waals surface area contributed by atoms with Crippen molar-refractivity contribution in [2.75, 3.05) is 13.2 Å². The van der Waals surface area contributed by atoms with Gasteiger partial charge in [-0.25, -0.2) is 0 Å². The Morgan fingerprint density at radius 3 is 2.43 bits per heavy atom. The summed E-state index contributed by atoms with van der Waals surface area (Å²) in [6.07, 6.45) is 5.83. The van der Waals surface area contributed by atoms with Crippen LogP contribution in [0, 0.1) is 6.92 Å². The first kappa shape index (κ1) is 19.2. The fraction of sp³-hybridized carbons (Fsp3) is 0.500. The molecular weight excluding hydrogens is 264 g/mol. The number of carbonyl (C=O) groups is 1. The summed E-state index contributed by atoms with van der Waals surface area (Å²) in [5.74, 6) is 0.929. The molecule has 0 radical (unpaired) electrons. The van der Waals surface area contributed by atoms with Crippen molar-refractivity contribution in [3.05, 3.63) is 42.2 Å². The second-order valence-corrected chi connectivity index (χ2v) is 4.83. The van der Waals surface area contributed by atoms with E-state index in [0.29, 0.717) is 6.61 Å². The Morgan fingerprint density at radius 2 is 1.86 bits per heavy atom. The van der Waals surface area contributed by atoms with E-state index in [1.807, 2.05) is 25.1 Å². The number of benzene rings is 1. The molecule has 0 saturated heterocycles. The monoisotopic (exact) mass is 292 g/mol. The fourth-order valence-corrected chi connectivity index (χ4v) is 2.04. The number of carbonyl (C=O) groups excluding carboxylic acids is 1. The van der Waals surface area contributed by atoms with Crippen LogP contribution in [0.5, 0.6) is 5.75 Å². The van der Waals surface area contributed by atoms with E-state index in [1.165, 1.54) is 6.26 Å². The van der Waals surface area contributed by atoms with Gasteiger partial charge in [0.15, 0.2) is 5.78 Å². The smallest absolute Gasteiger partial charge is 0.160 e. The molecule has 0 aliphatic rings. The maximum Gasteiger partial charge on any atom is 0.160 e. The summed E-state index contributed by atoms with van der Waals surface area (Å²) in [5.41, 5.74) is 1.73. The minimum atomic E-state index is 0. The van der Waals surface area contributed by atoms with Gasteiger partial charge in [0.05, 0.1) is 19.5 Å². The minimum Gasteiger partial charge on any atom is -0.502 e. The summed E-state index contributed by atoms with van der Waals surface area (Å²) in [6, 6.07) is 5.62. The third-order valence-corrected chi connectivity index (χ3v) is 3.12. The Kier molecular flexibility index (Phi) is 10.0. The molecule has 118 valence electrons. The number of rotatable bonds is 10. The molecule has 3 nitrogen and oxygen atoms in total. The zero-order chi connectivity index (χ0) is 14.8. The summed E-state index contributed by atoms with van der Waals surface area (Å²) < 4.78 is 10.7. The highest BCUT2D eigenvalue weighted by Crippen LogP contribution is 2.18. The van der Waals surface area contributed by atoms with Gasteiger partial charge in [0, 0.05) is 5.56 Å². The van der Waals surface area contributed by atoms with E-state index < -0.39 is 0 Å². The van der Waals surface area contributed by atoms with Gasteiger partial charge in [-0.3, -0.25) is 4.79 Å². The van der Waals surface area contributed by atoms with Gasteiger partial charge in [-0.15, -0.1) is 0 Å². The predicted molar refractivity (Wildman–Crippen MR) is 88.0 cm³/mol. The molecule has 0 N–H and O–H groups in total. The molecule has 21 heavy (non-hydrogen) atoms. The predicted octanol–water partition coefficient (Wildman–Crippen LogP) is 4.93. The van der Waals surface area contributed by atoms with Crippen molar-refractivity contribution >= 4 is 5.78 Å². The number of aryl methyl sites for hydroxylation is 1. The van der Waals surface area contributed by atoms with Crippen LogP contribution in [0.3, 0.4) is 0 Å². The Hall–Kier alpha value is -1.77. The maximum absolute atomic E-state index is 11.3. The van der Waals surface area contributed by atoms with E-state index in [2.05, 4.69) is 6.58 Å². The van der Waals surface area contributed by atoms with E-state index in [-0.39, 0.29) is 13.2 Å². The standard InChI is InChI=1S/C17H24O3.CH4/c1-4-19-11-7-5-6-8-12-20-16-9-10-17(15(3)18)14(2)13-16;/h4,9-10,13H,1,5-8,11-12H2,2-3H3;1H4. The number of ketones is 1. The van der Waals surface area contributed by atoms with Gasteiger partial charge in [-0.2, -0.15) is 0 Å². The van der Waals surface area contributed by atoms with Crippen molar-refractivity contribution in [3.63, 3.8) is 0 Å². The average Bonchev–Trinajstić information content (AvgIpc) is 2.41. The van der Waals surface area contributed by atoms with Gasteiger partial charge >= 0.3 is 0 Å². The summed E-state index contributed by atoms with van der Waals surface area (Å²) in [7, 11) is 0. The highest BCUT2D eigenvalue weighted by molar-refractivity contribution is 5.95. The van der Waals surface area contributed by atoms with Crippen molar-refractivity contribution in [1.82, 2.24) is 0 Å². The number of ether oxygens (including phenoxy) is 2. The number of Topliss-reactive ketones (excluding diaryl/α,β-unsaturated/α-hetero) is 1. The second kappa shape index (κ2) is 11.0. The van der Waals surface area contributed by atoms with Gasteiger partial charge in [-0.05, 0) is 63.3 Å². The Balaban J connectivity index is 0.00000400. The first-order valence-electron chi connectivity index (χ1n) is 7.12. The fourth-order valence-electron chi connectivity index (χ4n) is 2.04. The van der Waals surface area contributed by atoms with Gasteiger partial charge in [-0.1, -0.05) is 14.0 Å². The van der Waals surface area contributed by atoms with Crippen molar-refractivity contribution in [3.8, 4) is 5.75 Å². The largest absolute Gasteiger partial charge is 0.502 e. The van der Waals surface area contributed by atoms with Crippen LogP contribution in [0.15, 0.2) is 31.0 Å². The summed E-state index contributed by atoms with van der Waals surface area (Å²) >= 11 is 0. The molecule has 0 aliphatic carbocycles. The molecule has 1 rings (SSSR count). The lowest BCUT2D eigenvalue weighted by Crippen LogP contribution is -2.00. The van der Waals surface area contributed by atoms with Crippen molar-refractivity contribution < 1.29 is 14.3 Å². The lowest BCUT2D eigenvalue weighted by atomic mass is 10.1. The van der Waals surface area contributed by atoms with Crippen LogP contribution in [0.1, 0.15) is 56.0 Å². The summed E-state index contributed by atoms with van der Waals surface area (Å²) in [4.78, 5) is 11.3. The molecule has 0 aromatic heterocycles. The quantitative estimate of drug-likeness (QED) is 0.348. The number of unbranched alkanes of at least 4 members (excludes halogenated alkanes) is 3. The third-order valence-electron chi connectivity index (χ3n) is 3.12. The molecule has 0 fully saturated rings. The Bertz CT molecular complexity index is 438. The van der Waals surface area contributed by atoms with E-state index in [9.17, 15) is 4.79 Å². The Morgan fingerprint density at radius 1 is 1.19 bits per heavy atom. The van der Waals surface area contributed by atoms with E-state index in [0.717, 1.165) is 49.2 Å². The number of hydrogen-bond donors (Lipinski definition) is 0. The van der Waals surface area contributed by atoms with E-state index >= 15 is 0 Å². The molecule has 3 heteroatoms. The molecule has 0 heterocycles. The second-order valence-electron chi connectivity index (χ2n) is 4.83. The average molecular weight is 292 g/mol. The lowest BCUT2D eigenvalue weighted by molar-refractivity contribution is 0.101. The van der Waals surface area contributed by atoms with Crippen LogP contribution in [0.4, 0.5) is 0 Å². The zero-order valence-electron chi connectivity index (χ0n) is 12.5. The molecule has 0 saturated carbocycles. The first-order chi connectivity index (χ1) is 9.65. The topological polar surface area (TPSA) is 35.5 Å². The van der Waals surface area contributed by atoms with Gasteiger partial charge < -0.3 is 9.47 Å². The van der Waals surface area contributed by atoms with Crippen molar-refractivity contribution in [2.24, 2.45) is 0 Å². The van der Waals surface area contributed by atoms with Crippen molar-refractivity contribution in [2.45, 2.75) is 47.0 Å². The van der Waals surface area contributed by atoms with Crippen LogP contribution in [-0.2, 0) is 4.74 Å². The molecule has 0 aliphatic heterocycles. The molecule has 0 atom stereocenters. The summed E-state index contributed by atoms with van der Waals surface area (Å²) in [5, 5.41) is 0. The van der Waals surface area contributed by atoms with Crippen LogP contribution in [-0.4, -0.2) is 19.0 Å². The molecule has 1 aromatic rings. The SMILES string of the molecule is C.C=COCCCCCCOc1ccc(C(C)=O)c(C)c1. The van der Waals surface area contributed by atoms with Crippen LogP contribution >= 0.6 is 0 Å². The Labute approximate surface area is 129 Å². The maximum atomic E-state index is 11.3. The zero-order valence-corrected chi connectivity index (χ0v) is 12.5. The number of hydrogen-bond acceptors (Lipinski definition) is 3. The highest BCUT2D eigenvalue weighted by atomic mass is 16.5. The molecule has 0 unspecified atom stereocenters. The van der Waals surface area contributed by atoms with Crippen LogP contribution in [0.25, 0.3) is 0 Å². The molecular formula is C18H28O3. The van der Waals surface area contributed by atoms with E-state index in [1.54, 1.807) is 6.92 Å². The van der Waals surface area contributed by atoms with Crippen LogP contribution in [0.2, 0.25) is 0 Å². The van der Waals surface area contributed by atoms with Gasteiger partial charge in [0.2, 0.25) is 0 Å². The molecule has 0 spiro atoms. The minimum absolute atomic E-state index is 0. The van der Waals surface area contributed by atoms with Gasteiger partial charge in [0.25, 0.3) is 0 Å². The molecule has 0 bridgehead atoms. The lowest BCUT2D eigenvalue weighted by Gasteiger charge is -2.09. The summed E-state index contributed by atoms with van der Waals surface area (Å²) in [6.45, 7) is 8.47. The molecule has 1 aromatic carbocycles. The first-order valence-corrected chi connectivity index (χ1v) is 7.12.